The van der Waals surface area contributed by atoms with Gasteiger partial charge in [0, 0.05) is 12.6 Å². The molecule has 0 aromatic carbocycles. The molecule has 0 unspecified atom stereocenters. The van der Waals surface area contributed by atoms with E-state index >= 15 is 0 Å². The number of nitrogens with zero attached hydrogens (tertiary/aromatic N) is 2. The molecule has 1 aromatic heterocycles. The molecule has 0 N–H and O–H groups in total. The summed E-state index contributed by atoms with van der Waals surface area (Å²) in [7, 11) is 0. The van der Waals surface area contributed by atoms with E-state index in [9.17, 15) is 14.9 Å². The van der Waals surface area contributed by atoms with Crippen LogP contribution in [0.4, 0.5) is 5.69 Å². The van der Waals surface area contributed by atoms with Gasteiger partial charge in [0.2, 0.25) is 0 Å². The molecular formula is C8H9ClN2O3. The first-order chi connectivity index (χ1) is 6.56. The summed E-state index contributed by atoms with van der Waals surface area (Å²) in [5.74, 6) is 0. The first-order valence-electron chi connectivity index (χ1n) is 4.10. The zero-order valence-electron chi connectivity index (χ0n) is 7.57. The molecule has 14 heavy (non-hydrogen) atoms. The number of rotatable bonds is 4. The highest BCUT2D eigenvalue weighted by Crippen LogP contribution is 2.18. The van der Waals surface area contributed by atoms with Crippen molar-refractivity contribution in [1.29, 1.82) is 0 Å². The lowest BCUT2D eigenvalue weighted by Crippen LogP contribution is -2.03. The Labute approximate surface area is 85.4 Å². The summed E-state index contributed by atoms with van der Waals surface area (Å²) >= 11 is 5.28. The molecule has 5 nitrogen and oxygen atoms in total. The number of hydrogen-bond donors (Lipinski definition) is 0. The fourth-order valence-electron chi connectivity index (χ4n) is 1.18. The van der Waals surface area contributed by atoms with Crippen LogP contribution in [0.5, 0.6) is 0 Å². The molecule has 76 valence electrons. The van der Waals surface area contributed by atoms with Crippen LogP contribution in [0.1, 0.15) is 23.8 Å². The smallest absolute Gasteiger partial charge is 0.287 e. The Kier molecular flexibility index (Phi) is 3.24. The molecule has 1 heterocycles. The summed E-state index contributed by atoms with van der Waals surface area (Å²) < 4.78 is 1.49. The van der Waals surface area contributed by atoms with Gasteiger partial charge in [0.05, 0.1) is 11.1 Å². The van der Waals surface area contributed by atoms with E-state index in [4.69, 9.17) is 11.6 Å². The van der Waals surface area contributed by atoms with Crippen LogP contribution in [0.2, 0.25) is 0 Å². The van der Waals surface area contributed by atoms with E-state index < -0.39 is 10.2 Å². The van der Waals surface area contributed by atoms with Crippen LogP contribution in [-0.2, 0) is 6.54 Å². The van der Waals surface area contributed by atoms with Gasteiger partial charge in [-0.2, -0.15) is 0 Å². The van der Waals surface area contributed by atoms with Gasteiger partial charge in [-0.3, -0.25) is 14.9 Å². The van der Waals surface area contributed by atoms with Gasteiger partial charge in [-0.05, 0) is 18.0 Å². The predicted octanol–water partition coefficient (Wildman–Crippen LogP) is 2.19. The Balaban J connectivity index is 3.12. The minimum Gasteiger partial charge on any atom is -0.338 e. The largest absolute Gasteiger partial charge is 0.338 e. The van der Waals surface area contributed by atoms with Crippen molar-refractivity contribution >= 4 is 22.5 Å². The Hall–Kier alpha value is -1.36. The average Bonchev–Trinajstić information content (AvgIpc) is 2.49. The standard InChI is InChI=1S/C8H9ClN2O3/c1-2-3-10-5-6(11(13)14)4-7(10)8(9)12/h4-5H,2-3H2,1H3. The Morgan fingerprint density at radius 1 is 1.71 bits per heavy atom. The van der Waals surface area contributed by atoms with Gasteiger partial charge < -0.3 is 4.57 Å². The van der Waals surface area contributed by atoms with E-state index in [2.05, 4.69) is 0 Å². The van der Waals surface area contributed by atoms with E-state index in [1.54, 1.807) is 0 Å². The first-order valence-corrected chi connectivity index (χ1v) is 4.48. The maximum Gasteiger partial charge on any atom is 0.287 e. The Morgan fingerprint density at radius 3 is 2.79 bits per heavy atom. The average molecular weight is 217 g/mol. The quantitative estimate of drug-likeness (QED) is 0.440. The van der Waals surface area contributed by atoms with Crippen LogP contribution in [0.15, 0.2) is 12.3 Å². The fraction of sp³-hybridized carbons (Fsp3) is 0.375. The van der Waals surface area contributed by atoms with Gasteiger partial charge in [0.1, 0.15) is 5.69 Å². The lowest BCUT2D eigenvalue weighted by Gasteiger charge is -2.01. The normalized spacial score (nSPS) is 10.1. The third-order valence-corrected chi connectivity index (χ3v) is 1.95. The fourth-order valence-corrected chi connectivity index (χ4v) is 1.35. The first kappa shape index (κ1) is 10.7. The van der Waals surface area contributed by atoms with Crippen molar-refractivity contribution in [3.63, 3.8) is 0 Å². The van der Waals surface area contributed by atoms with E-state index in [1.165, 1.54) is 16.8 Å². The molecule has 0 fully saturated rings. The minimum atomic E-state index is -0.674. The topological polar surface area (TPSA) is 65.1 Å². The van der Waals surface area contributed by atoms with Crippen LogP contribution in [-0.4, -0.2) is 14.7 Å². The summed E-state index contributed by atoms with van der Waals surface area (Å²) in [5.41, 5.74) is 0.0580. The maximum atomic E-state index is 10.9. The summed E-state index contributed by atoms with van der Waals surface area (Å²) in [6.07, 6.45) is 2.10. The second-order valence-electron chi connectivity index (χ2n) is 2.81. The van der Waals surface area contributed by atoms with Gasteiger partial charge in [-0.25, -0.2) is 0 Å². The van der Waals surface area contributed by atoms with Gasteiger partial charge in [-0.15, -0.1) is 0 Å². The highest BCUT2D eigenvalue weighted by Gasteiger charge is 2.17. The van der Waals surface area contributed by atoms with Crippen molar-refractivity contribution in [1.82, 2.24) is 4.57 Å². The molecule has 1 rings (SSSR count). The van der Waals surface area contributed by atoms with Crippen molar-refractivity contribution < 1.29 is 9.72 Å². The number of hydrogen-bond acceptors (Lipinski definition) is 3. The molecule has 6 heteroatoms. The number of carbonyl (C=O) groups is 1. The zero-order valence-corrected chi connectivity index (χ0v) is 8.32. The summed E-state index contributed by atoms with van der Waals surface area (Å²) in [6, 6.07) is 1.19. The van der Waals surface area contributed by atoms with Gasteiger partial charge >= 0.3 is 0 Å². The molecule has 0 saturated carbocycles. The second-order valence-corrected chi connectivity index (χ2v) is 3.15. The van der Waals surface area contributed by atoms with Gasteiger partial charge in [0.15, 0.2) is 0 Å². The minimum absolute atomic E-state index is 0.109. The molecule has 0 radical (unpaired) electrons. The molecule has 0 aliphatic carbocycles. The maximum absolute atomic E-state index is 10.9. The summed E-state index contributed by atoms with van der Waals surface area (Å²) in [4.78, 5) is 20.8. The molecule has 0 aliphatic rings. The molecular weight excluding hydrogens is 208 g/mol. The van der Waals surface area contributed by atoms with E-state index in [1.807, 2.05) is 6.92 Å². The van der Waals surface area contributed by atoms with E-state index in [0.717, 1.165) is 6.42 Å². The molecule has 0 aliphatic heterocycles. The number of aromatic nitrogens is 1. The number of halogens is 1. The third-order valence-electron chi connectivity index (χ3n) is 1.76. The van der Waals surface area contributed by atoms with Crippen LogP contribution >= 0.6 is 11.6 Å². The Morgan fingerprint density at radius 2 is 2.36 bits per heavy atom. The van der Waals surface area contributed by atoms with E-state index in [-0.39, 0.29) is 11.4 Å². The van der Waals surface area contributed by atoms with Crippen LogP contribution in [0, 0.1) is 10.1 Å². The van der Waals surface area contributed by atoms with Crippen LogP contribution in [0.25, 0.3) is 0 Å². The highest BCUT2D eigenvalue weighted by molar-refractivity contribution is 6.67. The van der Waals surface area contributed by atoms with Crippen molar-refractivity contribution in [2.75, 3.05) is 0 Å². The van der Waals surface area contributed by atoms with Crippen molar-refractivity contribution in [3.8, 4) is 0 Å². The molecule has 0 atom stereocenters. The van der Waals surface area contributed by atoms with Gasteiger partial charge in [-0.1, -0.05) is 6.92 Å². The second kappa shape index (κ2) is 4.23. The summed E-state index contributed by atoms with van der Waals surface area (Å²) in [5, 5.41) is 9.76. The molecule has 1 aromatic rings. The molecule has 0 amide bonds. The molecule has 0 spiro atoms. The zero-order chi connectivity index (χ0) is 10.7. The van der Waals surface area contributed by atoms with Crippen molar-refractivity contribution in [2.45, 2.75) is 19.9 Å². The SMILES string of the molecule is CCCn1cc([N+](=O)[O-])cc1C(=O)Cl. The van der Waals surface area contributed by atoms with Gasteiger partial charge in [0.25, 0.3) is 10.9 Å². The van der Waals surface area contributed by atoms with E-state index in [0.29, 0.717) is 6.54 Å². The molecule has 0 bridgehead atoms. The number of carbonyl (C=O) groups excluding carboxylic acids is 1. The van der Waals surface area contributed by atoms with Crippen molar-refractivity contribution in [2.24, 2.45) is 0 Å². The lowest BCUT2D eigenvalue weighted by molar-refractivity contribution is -0.384. The van der Waals surface area contributed by atoms with Crippen LogP contribution < -0.4 is 0 Å². The third kappa shape index (κ3) is 2.11. The number of nitro groups is 1. The monoisotopic (exact) mass is 216 g/mol. The predicted molar refractivity (Wildman–Crippen MR) is 51.6 cm³/mol. The Bertz CT molecular complexity index is 373. The lowest BCUT2D eigenvalue weighted by atomic mass is 10.4. The molecule has 0 saturated heterocycles. The number of aryl methyl sites for hydroxylation is 1. The highest BCUT2D eigenvalue weighted by atomic mass is 35.5. The van der Waals surface area contributed by atoms with Crippen LogP contribution in [0.3, 0.4) is 0 Å². The summed E-state index contributed by atoms with van der Waals surface area (Å²) in [6.45, 7) is 2.45. The van der Waals surface area contributed by atoms with Crippen molar-refractivity contribution in [3.05, 3.63) is 28.1 Å².